The van der Waals surface area contributed by atoms with E-state index in [4.69, 9.17) is 16.4 Å². The topological polar surface area (TPSA) is 62.7 Å². The van der Waals surface area contributed by atoms with Gasteiger partial charge in [0.05, 0.1) is 23.8 Å². The normalized spacial score (nSPS) is 22.0. The molecule has 7 heteroatoms. The molecule has 0 aliphatic carbocycles. The Balaban J connectivity index is 1.45. The van der Waals surface area contributed by atoms with Gasteiger partial charge in [-0.05, 0) is 29.8 Å². The van der Waals surface area contributed by atoms with Crippen LogP contribution in [-0.4, -0.2) is 27.8 Å². The summed E-state index contributed by atoms with van der Waals surface area (Å²) in [5.41, 5.74) is 3.03. The number of aromatic nitrogens is 1. The van der Waals surface area contributed by atoms with E-state index in [1.165, 1.54) is 4.90 Å². The second-order valence-electron chi connectivity index (χ2n) is 8.47. The van der Waals surface area contributed by atoms with Crippen LogP contribution in [-0.2, 0) is 21.0 Å². The zero-order chi connectivity index (χ0) is 23.2. The van der Waals surface area contributed by atoms with E-state index in [9.17, 15) is 9.59 Å². The third kappa shape index (κ3) is 3.34. The molecular weight excluding hydrogens is 450 g/mol. The van der Waals surface area contributed by atoms with Crippen molar-refractivity contribution in [2.75, 3.05) is 5.06 Å². The summed E-state index contributed by atoms with van der Waals surface area (Å²) in [6, 6.07) is 27.9. The molecule has 0 radical (unpaired) electrons. The fourth-order valence-corrected chi connectivity index (χ4v) is 5.08. The van der Waals surface area contributed by atoms with E-state index < -0.39 is 18.1 Å². The molecule has 0 N–H and O–H groups in total. The predicted molar refractivity (Wildman–Crippen MR) is 129 cm³/mol. The molecule has 2 fully saturated rings. The summed E-state index contributed by atoms with van der Waals surface area (Å²) >= 11 is 6.67. The van der Waals surface area contributed by atoms with Crippen LogP contribution in [0.4, 0.5) is 5.69 Å². The molecule has 6 nitrogen and oxygen atoms in total. The van der Waals surface area contributed by atoms with E-state index in [0.29, 0.717) is 5.56 Å². The van der Waals surface area contributed by atoms with Crippen molar-refractivity contribution >= 4 is 40.0 Å². The SMILES string of the molecule is O=C1[C@H]2[C@H](ON(c3ccccc3)[C@H]2c2cc3ccccc3nc2Cl)C(=O)N1Cc1ccccc1. The molecule has 34 heavy (non-hydrogen) atoms. The van der Waals surface area contributed by atoms with Gasteiger partial charge in [-0.1, -0.05) is 78.3 Å². The van der Waals surface area contributed by atoms with Gasteiger partial charge in [0.1, 0.15) is 11.1 Å². The summed E-state index contributed by atoms with van der Waals surface area (Å²) in [6.07, 6.45) is -0.927. The number of hydroxylamine groups is 1. The number of carbonyl (C=O) groups excluding carboxylic acids is 2. The number of anilines is 1. The van der Waals surface area contributed by atoms with E-state index in [1.807, 2.05) is 91.0 Å². The van der Waals surface area contributed by atoms with Crippen LogP contribution in [0, 0.1) is 5.92 Å². The molecule has 3 atom stereocenters. The number of rotatable bonds is 4. The quantitative estimate of drug-likeness (QED) is 0.313. The van der Waals surface area contributed by atoms with Gasteiger partial charge in [0.15, 0.2) is 6.10 Å². The third-order valence-electron chi connectivity index (χ3n) is 6.42. The minimum Gasteiger partial charge on any atom is -0.275 e. The molecule has 0 saturated carbocycles. The molecule has 0 bridgehead atoms. The molecule has 2 amide bonds. The number of carbonyl (C=O) groups is 2. The van der Waals surface area contributed by atoms with E-state index in [-0.39, 0.29) is 23.5 Å². The number of para-hydroxylation sites is 2. The fourth-order valence-electron chi connectivity index (χ4n) is 4.82. The third-order valence-corrected chi connectivity index (χ3v) is 6.73. The van der Waals surface area contributed by atoms with Gasteiger partial charge in [-0.2, -0.15) is 0 Å². The van der Waals surface area contributed by atoms with Crippen LogP contribution in [0.2, 0.25) is 5.15 Å². The van der Waals surface area contributed by atoms with E-state index in [1.54, 1.807) is 5.06 Å². The molecule has 3 aromatic carbocycles. The highest BCUT2D eigenvalue weighted by atomic mass is 35.5. The van der Waals surface area contributed by atoms with Crippen molar-refractivity contribution in [1.29, 1.82) is 0 Å². The number of hydrogen-bond acceptors (Lipinski definition) is 5. The van der Waals surface area contributed by atoms with E-state index in [0.717, 1.165) is 22.2 Å². The molecule has 0 spiro atoms. The van der Waals surface area contributed by atoms with Crippen LogP contribution >= 0.6 is 11.6 Å². The Morgan fingerprint density at radius 2 is 1.53 bits per heavy atom. The Kier molecular flexibility index (Phi) is 5.05. The highest BCUT2D eigenvalue weighted by Gasteiger charge is 2.60. The van der Waals surface area contributed by atoms with Gasteiger partial charge in [0, 0.05) is 10.9 Å². The molecular formula is C27H20ClN3O3. The van der Waals surface area contributed by atoms with Crippen molar-refractivity contribution in [3.05, 3.63) is 107 Å². The maximum atomic E-state index is 13.7. The average Bonchev–Trinajstić information content (AvgIpc) is 3.37. The standard InChI is InChI=1S/C27H20ClN3O3/c28-25-20(15-18-11-7-8-14-21(18)29-25)23-22-24(34-31(23)19-12-5-2-6-13-19)27(33)30(26(22)32)16-17-9-3-1-4-10-17/h1-15,22-24H,16H2/t22-,23+,24+/m1/s1. The molecule has 4 aromatic rings. The summed E-state index contributed by atoms with van der Waals surface area (Å²) in [5.74, 6) is -1.35. The number of amides is 2. The fraction of sp³-hybridized carbons (Fsp3) is 0.148. The molecule has 2 aliphatic rings. The van der Waals surface area contributed by atoms with Gasteiger partial charge in [-0.25, -0.2) is 10.0 Å². The van der Waals surface area contributed by atoms with Crippen LogP contribution in [0.25, 0.3) is 10.9 Å². The molecule has 6 rings (SSSR count). The highest BCUT2D eigenvalue weighted by molar-refractivity contribution is 6.30. The van der Waals surface area contributed by atoms with Gasteiger partial charge in [0.2, 0.25) is 5.91 Å². The Morgan fingerprint density at radius 3 is 2.29 bits per heavy atom. The lowest BCUT2D eigenvalue weighted by Gasteiger charge is -2.29. The lowest BCUT2D eigenvalue weighted by molar-refractivity contribution is -0.143. The second kappa shape index (κ2) is 8.24. The second-order valence-corrected chi connectivity index (χ2v) is 8.83. The highest BCUT2D eigenvalue weighted by Crippen LogP contribution is 2.48. The molecule has 1 aromatic heterocycles. The smallest absolute Gasteiger partial charge is 0.262 e. The van der Waals surface area contributed by atoms with Gasteiger partial charge in [-0.15, -0.1) is 0 Å². The average molecular weight is 470 g/mol. The number of hydrogen-bond donors (Lipinski definition) is 0. The van der Waals surface area contributed by atoms with Crippen LogP contribution in [0.3, 0.4) is 0 Å². The number of likely N-dealkylation sites (tertiary alicyclic amines) is 1. The summed E-state index contributed by atoms with van der Waals surface area (Å²) in [5, 5.41) is 2.83. The lowest BCUT2D eigenvalue weighted by Crippen LogP contribution is -2.37. The monoisotopic (exact) mass is 469 g/mol. The summed E-state index contributed by atoms with van der Waals surface area (Å²) < 4.78 is 0. The number of fused-ring (bicyclic) bond motifs is 2. The number of halogens is 1. The molecule has 2 saturated heterocycles. The van der Waals surface area contributed by atoms with Crippen LogP contribution in [0.5, 0.6) is 0 Å². The first-order valence-corrected chi connectivity index (χ1v) is 11.4. The van der Waals surface area contributed by atoms with Crippen molar-refractivity contribution in [1.82, 2.24) is 9.88 Å². The molecule has 168 valence electrons. The van der Waals surface area contributed by atoms with Crippen molar-refractivity contribution in [2.24, 2.45) is 5.92 Å². The molecule has 3 heterocycles. The first kappa shape index (κ1) is 20.8. The van der Waals surface area contributed by atoms with Crippen LogP contribution < -0.4 is 5.06 Å². The van der Waals surface area contributed by atoms with Gasteiger partial charge in [0.25, 0.3) is 5.91 Å². The van der Waals surface area contributed by atoms with Gasteiger partial charge in [-0.3, -0.25) is 19.3 Å². The number of imide groups is 1. The van der Waals surface area contributed by atoms with Gasteiger partial charge >= 0.3 is 0 Å². The van der Waals surface area contributed by atoms with Crippen LogP contribution in [0.1, 0.15) is 17.2 Å². The lowest BCUT2D eigenvalue weighted by atomic mass is 9.90. The van der Waals surface area contributed by atoms with Crippen molar-refractivity contribution in [3.63, 3.8) is 0 Å². The molecule has 2 aliphatic heterocycles. The summed E-state index contributed by atoms with van der Waals surface area (Å²) in [4.78, 5) is 39.1. The Bertz CT molecular complexity index is 1400. The molecule has 0 unspecified atom stereocenters. The van der Waals surface area contributed by atoms with E-state index in [2.05, 4.69) is 4.98 Å². The maximum Gasteiger partial charge on any atom is 0.262 e. The van der Waals surface area contributed by atoms with E-state index >= 15 is 0 Å². The zero-order valence-corrected chi connectivity index (χ0v) is 18.8. The largest absolute Gasteiger partial charge is 0.275 e. The Labute approximate surface area is 201 Å². The van der Waals surface area contributed by atoms with Crippen molar-refractivity contribution in [2.45, 2.75) is 18.7 Å². The van der Waals surface area contributed by atoms with Crippen molar-refractivity contribution in [3.8, 4) is 0 Å². The maximum absolute atomic E-state index is 13.7. The first-order chi connectivity index (χ1) is 16.6. The minimum absolute atomic E-state index is 0.205. The summed E-state index contributed by atoms with van der Waals surface area (Å²) in [6.45, 7) is 0.205. The number of benzene rings is 3. The number of nitrogens with zero attached hydrogens (tertiary/aromatic N) is 3. The predicted octanol–water partition coefficient (Wildman–Crippen LogP) is 4.93. The Morgan fingerprint density at radius 1 is 0.853 bits per heavy atom. The van der Waals surface area contributed by atoms with Gasteiger partial charge < -0.3 is 0 Å². The zero-order valence-electron chi connectivity index (χ0n) is 18.0. The summed E-state index contributed by atoms with van der Waals surface area (Å²) in [7, 11) is 0. The van der Waals surface area contributed by atoms with Crippen LogP contribution in [0.15, 0.2) is 91.0 Å². The Hall–Kier alpha value is -3.74. The first-order valence-electron chi connectivity index (χ1n) is 11.1. The number of pyridine rings is 1. The minimum atomic E-state index is -0.927. The van der Waals surface area contributed by atoms with Crippen molar-refractivity contribution < 1.29 is 14.4 Å².